The molecule has 0 N–H and O–H groups in total. The molecule has 0 aromatic heterocycles. The normalized spacial score (nSPS) is 17.2. The molecule has 4 nitrogen and oxygen atoms in total. The molecule has 7 heteroatoms. The average Bonchev–Trinajstić information content (AvgIpc) is 2.85. The van der Waals surface area contributed by atoms with Gasteiger partial charge in [-0.3, -0.25) is 4.31 Å². The standard InChI is InChI=1S/C16H15Cl2NO3S/c1-10-9-11-5-3-4-6-13(11)19(10)23(20,21)14-8-7-12(17)15(18)16(14)22-2/h3-8,10H,9H2,1-2H3. The van der Waals surface area contributed by atoms with Crippen molar-refractivity contribution in [3.63, 3.8) is 0 Å². The number of ether oxygens (including phenoxy) is 1. The molecule has 0 saturated carbocycles. The van der Waals surface area contributed by atoms with Crippen LogP contribution >= 0.6 is 23.2 Å². The largest absolute Gasteiger partial charge is 0.494 e. The zero-order valence-electron chi connectivity index (χ0n) is 12.6. The van der Waals surface area contributed by atoms with Crippen LogP contribution in [0.3, 0.4) is 0 Å². The van der Waals surface area contributed by atoms with Gasteiger partial charge in [-0.1, -0.05) is 41.4 Å². The average molecular weight is 372 g/mol. The molecule has 0 amide bonds. The van der Waals surface area contributed by atoms with Gasteiger partial charge in [-0.25, -0.2) is 8.42 Å². The second-order valence-corrected chi connectivity index (χ2v) is 7.94. The predicted molar refractivity (Wildman–Crippen MR) is 92.3 cm³/mol. The molecule has 0 spiro atoms. The lowest BCUT2D eigenvalue weighted by Gasteiger charge is -2.25. The molecule has 0 bridgehead atoms. The Bertz CT molecular complexity index is 868. The summed E-state index contributed by atoms with van der Waals surface area (Å²) < 4.78 is 33.0. The van der Waals surface area contributed by atoms with Crippen LogP contribution in [0.15, 0.2) is 41.3 Å². The van der Waals surface area contributed by atoms with Gasteiger partial charge in [0.1, 0.15) is 9.92 Å². The van der Waals surface area contributed by atoms with Crippen molar-refractivity contribution in [1.82, 2.24) is 0 Å². The SMILES string of the molecule is COc1c(S(=O)(=O)N2c3ccccc3CC2C)ccc(Cl)c1Cl. The second-order valence-electron chi connectivity index (χ2n) is 5.38. The molecule has 0 saturated heterocycles. The minimum Gasteiger partial charge on any atom is -0.494 e. The fourth-order valence-corrected chi connectivity index (χ4v) is 5.22. The molecule has 1 aliphatic heterocycles. The van der Waals surface area contributed by atoms with Crippen molar-refractivity contribution in [3.05, 3.63) is 52.0 Å². The van der Waals surface area contributed by atoms with Crippen LogP contribution in [-0.2, 0) is 16.4 Å². The molecule has 0 radical (unpaired) electrons. The van der Waals surface area contributed by atoms with E-state index in [0.29, 0.717) is 12.1 Å². The molecule has 1 unspecified atom stereocenters. The van der Waals surface area contributed by atoms with Gasteiger partial charge in [0.05, 0.1) is 17.8 Å². The van der Waals surface area contributed by atoms with E-state index in [1.54, 1.807) is 6.07 Å². The van der Waals surface area contributed by atoms with Gasteiger partial charge in [0, 0.05) is 6.04 Å². The zero-order valence-corrected chi connectivity index (χ0v) is 14.9. The number of nitrogens with zero attached hydrogens (tertiary/aromatic N) is 1. The van der Waals surface area contributed by atoms with Gasteiger partial charge in [-0.15, -0.1) is 0 Å². The third kappa shape index (κ3) is 2.57. The Hall–Kier alpha value is -1.43. The first-order valence-electron chi connectivity index (χ1n) is 7.02. The van der Waals surface area contributed by atoms with Gasteiger partial charge < -0.3 is 4.74 Å². The van der Waals surface area contributed by atoms with Crippen LogP contribution in [0, 0.1) is 0 Å². The van der Waals surface area contributed by atoms with Crippen LogP contribution in [0.1, 0.15) is 12.5 Å². The first-order chi connectivity index (χ1) is 10.9. The van der Waals surface area contributed by atoms with Crippen molar-refractivity contribution in [2.24, 2.45) is 0 Å². The number of methoxy groups -OCH3 is 1. The molecule has 1 heterocycles. The van der Waals surface area contributed by atoms with Crippen molar-refractivity contribution in [1.29, 1.82) is 0 Å². The number of fused-ring (bicyclic) bond motifs is 1. The summed E-state index contributed by atoms with van der Waals surface area (Å²) in [6, 6.07) is 10.2. The van der Waals surface area contributed by atoms with E-state index in [9.17, 15) is 8.42 Å². The zero-order chi connectivity index (χ0) is 16.8. The minimum absolute atomic E-state index is 0.0120. The van der Waals surface area contributed by atoms with Crippen LogP contribution in [0.4, 0.5) is 5.69 Å². The Morgan fingerprint density at radius 3 is 2.57 bits per heavy atom. The Morgan fingerprint density at radius 2 is 1.87 bits per heavy atom. The summed E-state index contributed by atoms with van der Waals surface area (Å²) in [6.07, 6.45) is 0.666. The van der Waals surface area contributed by atoms with Crippen molar-refractivity contribution < 1.29 is 13.2 Å². The lowest BCUT2D eigenvalue weighted by molar-refractivity contribution is 0.403. The lowest BCUT2D eigenvalue weighted by atomic mass is 10.1. The summed E-state index contributed by atoms with van der Waals surface area (Å²) in [5.41, 5.74) is 1.69. The van der Waals surface area contributed by atoms with Crippen LogP contribution in [0.5, 0.6) is 5.75 Å². The third-order valence-corrected chi connectivity index (χ3v) is 6.64. The van der Waals surface area contributed by atoms with E-state index in [1.165, 1.54) is 23.5 Å². The molecule has 0 fully saturated rings. The topological polar surface area (TPSA) is 46.6 Å². The summed E-state index contributed by atoms with van der Waals surface area (Å²) in [6.45, 7) is 1.88. The van der Waals surface area contributed by atoms with Gasteiger partial charge in [-0.05, 0) is 37.1 Å². The maximum atomic E-state index is 13.2. The van der Waals surface area contributed by atoms with Gasteiger partial charge in [0.2, 0.25) is 0 Å². The van der Waals surface area contributed by atoms with Crippen LogP contribution in [0.2, 0.25) is 10.0 Å². The smallest absolute Gasteiger partial charge is 0.268 e. The van der Waals surface area contributed by atoms with Crippen molar-refractivity contribution >= 4 is 38.9 Å². The number of para-hydroxylation sites is 1. The van der Waals surface area contributed by atoms with Crippen molar-refractivity contribution in [2.45, 2.75) is 24.3 Å². The number of anilines is 1. The van der Waals surface area contributed by atoms with E-state index in [-0.39, 0.29) is 26.7 Å². The van der Waals surface area contributed by atoms with Crippen LogP contribution in [0.25, 0.3) is 0 Å². The molecule has 23 heavy (non-hydrogen) atoms. The molecule has 2 aromatic carbocycles. The monoisotopic (exact) mass is 371 g/mol. The van der Waals surface area contributed by atoms with E-state index in [4.69, 9.17) is 27.9 Å². The van der Waals surface area contributed by atoms with Gasteiger partial charge >= 0.3 is 0 Å². The molecule has 1 aliphatic rings. The summed E-state index contributed by atoms with van der Waals surface area (Å²) in [5, 5.41) is 0.340. The van der Waals surface area contributed by atoms with E-state index in [1.807, 2.05) is 25.1 Å². The van der Waals surface area contributed by atoms with Crippen molar-refractivity contribution in [2.75, 3.05) is 11.4 Å². The van der Waals surface area contributed by atoms with Crippen molar-refractivity contribution in [3.8, 4) is 5.75 Å². The van der Waals surface area contributed by atoms with E-state index in [2.05, 4.69) is 0 Å². The predicted octanol–water partition coefficient (Wildman–Crippen LogP) is 4.14. The maximum Gasteiger partial charge on any atom is 0.268 e. The molecular formula is C16H15Cl2NO3S. The lowest BCUT2D eigenvalue weighted by Crippen LogP contribution is -2.35. The summed E-state index contributed by atoms with van der Waals surface area (Å²) in [7, 11) is -2.45. The molecule has 122 valence electrons. The highest BCUT2D eigenvalue weighted by Crippen LogP contribution is 2.42. The first-order valence-corrected chi connectivity index (χ1v) is 9.22. The number of halogens is 2. The van der Waals surface area contributed by atoms with E-state index < -0.39 is 10.0 Å². The van der Waals surface area contributed by atoms with E-state index >= 15 is 0 Å². The molecule has 2 aromatic rings. The fourth-order valence-electron chi connectivity index (χ4n) is 2.92. The quantitative estimate of drug-likeness (QED) is 0.814. The Morgan fingerprint density at radius 1 is 1.17 bits per heavy atom. The Kier molecular flexibility index (Phi) is 4.21. The fraction of sp³-hybridized carbons (Fsp3) is 0.250. The molecule has 0 aliphatic carbocycles. The maximum absolute atomic E-state index is 13.2. The first kappa shape index (κ1) is 16.4. The second kappa shape index (κ2) is 5.89. The van der Waals surface area contributed by atoms with Gasteiger partial charge in [0.15, 0.2) is 5.75 Å². The summed E-state index contributed by atoms with van der Waals surface area (Å²) in [5.74, 6) is 0.0655. The molecule has 1 atom stereocenters. The number of benzene rings is 2. The van der Waals surface area contributed by atoms with Gasteiger partial charge in [-0.2, -0.15) is 0 Å². The molecular weight excluding hydrogens is 357 g/mol. The Balaban J connectivity index is 2.19. The van der Waals surface area contributed by atoms with Gasteiger partial charge in [0.25, 0.3) is 10.0 Å². The summed E-state index contributed by atoms with van der Waals surface area (Å²) in [4.78, 5) is 0.0120. The van der Waals surface area contributed by atoms with E-state index in [0.717, 1.165) is 5.56 Å². The number of hydrogen-bond donors (Lipinski definition) is 0. The Labute approximate surface area is 145 Å². The van der Waals surface area contributed by atoms with Crippen LogP contribution in [-0.4, -0.2) is 21.6 Å². The number of hydrogen-bond acceptors (Lipinski definition) is 3. The van der Waals surface area contributed by atoms with Crippen LogP contribution < -0.4 is 9.04 Å². The molecule has 3 rings (SSSR count). The summed E-state index contributed by atoms with van der Waals surface area (Å²) >= 11 is 12.1. The highest BCUT2D eigenvalue weighted by Gasteiger charge is 2.38. The highest BCUT2D eigenvalue weighted by atomic mass is 35.5. The number of sulfonamides is 1. The third-order valence-electron chi connectivity index (χ3n) is 3.90. The number of rotatable bonds is 3. The highest BCUT2D eigenvalue weighted by molar-refractivity contribution is 7.93. The minimum atomic E-state index is -3.82.